The molecule has 39 heavy (non-hydrogen) atoms. The van der Waals surface area contributed by atoms with Crippen LogP contribution >= 0.6 is 0 Å². The number of aliphatic hydroxyl groups excluding tert-OH is 1. The molecule has 11 nitrogen and oxygen atoms in total. The van der Waals surface area contributed by atoms with Crippen molar-refractivity contribution >= 4 is 17.3 Å². The Bertz CT molecular complexity index is 1470. The minimum atomic E-state index is -0.328. The average molecular weight is 532 g/mol. The van der Waals surface area contributed by atoms with Crippen molar-refractivity contribution in [3.8, 4) is 11.1 Å². The minimum Gasteiger partial charge on any atom is -0.511 e. The van der Waals surface area contributed by atoms with E-state index < -0.39 is 0 Å². The maximum atomic E-state index is 13.1. The van der Waals surface area contributed by atoms with Gasteiger partial charge in [-0.05, 0) is 29.7 Å². The molecule has 1 aliphatic carbocycles. The van der Waals surface area contributed by atoms with Gasteiger partial charge in [0.1, 0.15) is 30.2 Å². The minimum absolute atomic E-state index is 0.0472. The van der Waals surface area contributed by atoms with Crippen molar-refractivity contribution < 1.29 is 28.5 Å². The summed E-state index contributed by atoms with van der Waals surface area (Å²) in [5.74, 6) is 1.14. The molecule has 11 heteroatoms. The molecule has 0 saturated heterocycles. The zero-order valence-corrected chi connectivity index (χ0v) is 21.4. The lowest BCUT2D eigenvalue weighted by atomic mass is 9.94. The van der Waals surface area contributed by atoms with E-state index in [0.717, 1.165) is 46.6 Å². The van der Waals surface area contributed by atoms with Gasteiger partial charge in [0, 0.05) is 35.6 Å². The van der Waals surface area contributed by atoms with Crippen molar-refractivity contribution in [1.29, 1.82) is 0 Å². The van der Waals surface area contributed by atoms with Crippen LogP contribution in [0.1, 0.15) is 39.5 Å². The zero-order chi connectivity index (χ0) is 26.6. The molecule has 1 aromatic rings. The van der Waals surface area contributed by atoms with Crippen LogP contribution in [0.4, 0.5) is 0 Å². The number of carbonyl (C=O) groups excluding carboxylic acids is 1. The molecule has 0 unspecified atom stereocenters. The molecule has 5 heterocycles. The summed E-state index contributed by atoms with van der Waals surface area (Å²) in [5.41, 5.74) is 4.97. The van der Waals surface area contributed by atoms with Gasteiger partial charge < -0.3 is 29.1 Å². The number of carbonyl (C=O) groups is 1. The Kier molecular flexibility index (Phi) is 7.35. The van der Waals surface area contributed by atoms with E-state index in [1.807, 2.05) is 0 Å². The lowest BCUT2D eigenvalue weighted by molar-refractivity contribution is 0.00855. The molecule has 0 fully saturated rings. The number of amidine groups is 1. The van der Waals surface area contributed by atoms with Crippen LogP contribution in [0.5, 0.6) is 0 Å². The maximum Gasteiger partial charge on any atom is 0.239 e. The van der Waals surface area contributed by atoms with Crippen LogP contribution in [0.15, 0.2) is 58.4 Å². The molecule has 202 valence electrons. The van der Waals surface area contributed by atoms with E-state index in [0.29, 0.717) is 56.7 Å². The highest BCUT2D eigenvalue weighted by atomic mass is 16.5. The number of nitrogens with zero attached hydrogens (tertiary/aromatic N) is 4. The number of ether oxygens (including phenoxy) is 3. The predicted molar refractivity (Wildman–Crippen MR) is 141 cm³/mol. The van der Waals surface area contributed by atoms with Crippen LogP contribution in [0.25, 0.3) is 16.7 Å². The second-order valence-electron chi connectivity index (χ2n) is 9.32. The molecule has 0 saturated carbocycles. The first-order valence-electron chi connectivity index (χ1n) is 13.0. The van der Waals surface area contributed by atoms with Crippen molar-refractivity contribution in [2.75, 3.05) is 46.1 Å². The zero-order valence-electron chi connectivity index (χ0n) is 21.4. The molecule has 4 aliphatic heterocycles. The van der Waals surface area contributed by atoms with Gasteiger partial charge in [0.05, 0.1) is 64.0 Å². The predicted octanol–water partition coefficient (Wildman–Crippen LogP) is 2.92. The normalized spacial score (nSPS) is 18.4. The molecule has 0 radical (unpaired) electrons. The number of aliphatic imine (C=N–C) groups is 1. The lowest BCUT2D eigenvalue weighted by Gasteiger charge is -2.21. The van der Waals surface area contributed by atoms with E-state index in [1.165, 1.54) is 17.0 Å². The molecule has 0 aromatic carbocycles. The van der Waals surface area contributed by atoms with Crippen molar-refractivity contribution in [3.05, 3.63) is 77.2 Å². The molecule has 0 amide bonds. The van der Waals surface area contributed by atoms with Crippen molar-refractivity contribution in [3.63, 3.8) is 0 Å². The standard InChI is InChI=1S/C28H29N5O6/c34-24-13-25(35)33-16-20-17-38-10-9-37-8-7-36-5-3-31-27-21-12-19-14-29-15-23(19)22(11-18(21)1-2-30-27)26(24)28(33)32-4-6-39-20/h4,6,11-12,14-16,34H,1-3,5,7-10,13,17H2,(H,30,31). The Morgan fingerprint density at radius 1 is 0.974 bits per heavy atom. The van der Waals surface area contributed by atoms with Gasteiger partial charge >= 0.3 is 0 Å². The van der Waals surface area contributed by atoms with Crippen LogP contribution in [0.3, 0.4) is 0 Å². The van der Waals surface area contributed by atoms with Crippen molar-refractivity contribution in [1.82, 2.24) is 19.9 Å². The largest absolute Gasteiger partial charge is 0.511 e. The Labute approximate surface area is 224 Å². The monoisotopic (exact) mass is 531 g/mol. The molecule has 8 bridgehead atoms. The SMILES string of the molecule is O=C1CC(O)=C2c3cc4c(cc5cncc3-5)C(=NCCOCCOCCOCc3cn1c2ncco3)NCC4. The third kappa shape index (κ3) is 5.29. The molecule has 0 spiro atoms. The number of hydrogen-bond donors (Lipinski definition) is 2. The molecular weight excluding hydrogens is 502 g/mol. The fourth-order valence-corrected chi connectivity index (χ4v) is 4.96. The fourth-order valence-electron chi connectivity index (χ4n) is 4.96. The second kappa shape index (κ2) is 11.4. The van der Waals surface area contributed by atoms with Gasteiger partial charge in [0.25, 0.3) is 0 Å². The quantitative estimate of drug-likeness (QED) is 0.449. The van der Waals surface area contributed by atoms with Crippen LogP contribution in [0.2, 0.25) is 0 Å². The Morgan fingerprint density at radius 3 is 2.72 bits per heavy atom. The van der Waals surface area contributed by atoms with Crippen LogP contribution < -0.4 is 5.32 Å². The smallest absolute Gasteiger partial charge is 0.239 e. The molecule has 2 N–H and O–H groups in total. The van der Waals surface area contributed by atoms with Gasteiger partial charge in [0.2, 0.25) is 5.91 Å². The highest BCUT2D eigenvalue weighted by Gasteiger charge is 2.29. The summed E-state index contributed by atoms with van der Waals surface area (Å²) >= 11 is 0. The molecule has 0 atom stereocenters. The van der Waals surface area contributed by atoms with Gasteiger partial charge in [-0.2, -0.15) is 0 Å². The summed E-state index contributed by atoms with van der Waals surface area (Å²) in [4.78, 5) is 26.8. The lowest BCUT2D eigenvalue weighted by Crippen LogP contribution is -2.32. The highest BCUT2D eigenvalue weighted by Crippen LogP contribution is 2.38. The number of fused-ring (bicyclic) bond motifs is 5. The summed E-state index contributed by atoms with van der Waals surface area (Å²) < 4.78 is 24.1. The fraction of sp³-hybridized carbons (Fsp3) is 0.357. The van der Waals surface area contributed by atoms with Gasteiger partial charge in [-0.3, -0.25) is 19.3 Å². The van der Waals surface area contributed by atoms with E-state index in [4.69, 9.17) is 23.6 Å². The number of hydrogen-bond acceptors (Lipinski definition) is 10. The van der Waals surface area contributed by atoms with Gasteiger partial charge in [-0.25, -0.2) is 4.98 Å². The van der Waals surface area contributed by atoms with E-state index in [-0.39, 0.29) is 24.7 Å². The number of rotatable bonds is 0. The summed E-state index contributed by atoms with van der Waals surface area (Å²) in [6.07, 6.45) is 8.61. The Balaban J connectivity index is 1.55. The summed E-state index contributed by atoms with van der Waals surface area (Å²) in [6.45, 7) is 3.47. The summed E-state index contributed by atoms with van der Waals surface area (Å²) in [6, 6.07) is 4.13. The molecular formula is C28H29N5O6. The summed E-state index contributed by atoms with van der Waals surface area (Å²) in [5, 5.41) is 14.6. The van der Waals surface area contributed by atoms with E-state index in [1.54, 1.807) is 18.6 Å². The third-order valence-corrected chi connectivity index (χ3v) is 6.77. The Morgan fingerprint density at radius 2 is 1.82 bits per heavy atom. The van der Waals surface area contributed by atoms with Gasteiger partial charge in [-0.1, -0.05) is 0 Å². The topological polar surface area (TPSA) is 133 Å². The van der Waals surface area contributed by atoms with Gasteiger partial charge in [0.15, 0.2) is 5.82 Å². The maximum absolute atomic E-state index is 13.1. The van der Waals surface area contributed by atoms with Crippen molar-refractivity contribution in [2.24, 2.45) is 4.99 Å². The van der Waals surface area contributed by atoms with E-state index in [2.05, 4.69) is 27.4 Å². The third-order valence-electron chi connectivity index (χ3n) is 6.77. The number of aliphatic hydroxyl groups is 1. The second-order valence-corrected chi connectivity index (χ2v) is 9.32. The first-order valence-corrected chi connectivity index (χ1v) is 13.0. The first-order chi connectivity index (χ1) is 19.2. The van der Waals surface area contributed by atoms with E-state index in [9.17, 15) is 9.90 Å². The van der Waals surface area contributed by atoms with E-state index >= 15 is 0 Å². The highest BCUT2D eigenvalue weighted by molar-refractivity contribution is 6.03. The van der Waals surface area contributed by atoms with Crippen LogP contribution in [-0.4, -0.2) is 77.5 Å². The summed E-state index contributed by atoms with van der Waals surface area (Å²) in [7, 11) is 0. The first kappa shape index (κ1) is 25.2. The molecule has 1 aromatic heterocycles. The number of nitrogens with one attached hydrogen (secondary N) is 1. The van der Waals surface area contributed by atoms with Crippen molar-refractivity contribution in [2.45, 2.75) is 19.4 Å². The molecule has 6 rings (SSSR count). The van der Waals surface area contributed by atoms with Crippen LogP contribution in [-0.2, 0) is 27.2 Å². The number of aromatic nitrogens is 3. The van der Waals surface area contributed by atoms with Gasteiger partial charge in [-0.15, -0.1) is 0 Å². The van der Waals surface area contributed by atoms with Crippen LogP contribution in [0, 0.1) is 0 Å². The molecule has 5 aliphatic rings. The average Bonchev–Trinajstić information content (AvgIpc) is 3.31. The Hall–Kier alpha value is -4.06. The number of allylic oxidation sites excluding steroid dienone is 1.